The van der Waals surface area contributed by atoms with E-state index in [4.69, 9.17) is 21.1 Å². The average molecular weight is 805 g/mol. The van der Waals surface area contributed by atoms with Crippen molar-refractivity contribution in [2.75, 3.05) is 37.7 Å². The second-order valence-corrected chi connectivity index (χ2v) is 16.1. The van der Waals surface area contributed by atoms with Gasteiger partial charge in [-0.25, -0.2) is 0 Å². The summed E-state index contributed by atoms with van der Waals surface area (Å²) >= 11 is 6.75. The first-order chi connectivity index (χ1) is 28.7. The van der Waals surface area contributed by atoms with E-state index in [1.807, 2.05) is 103 Å². The fraction of sp³-hybridized carbons (Fsp3) is 0.271. The lowest BCUT2D eigenvalue weighted by molar-refractivity contribution is 0.0193. The number of ether oxygens (including phenoxy) is 2. The number of rotatable bonds is 8. The third kappa shape index (κ3) is 7.20. The Morgan fingerprint density at radius 2 is 1.63 bits per heavy atom. The third-order valence-electron chi connectivity index (χ3n) is 12.2. The van der Waals surface area contributed by atoms with E-state index in [0.717, 1.165) is 54.1 Å². The van der Waals surface area contributed by atoms with E-state index < -0.39 is 0 Å². The Morgan fingerprint density at radius 1 is 0.864 bits per heavy atom. The maximum atomic E-state index is 15.1. The molecule has 0 spiro atoms. The Bertz CT molecular complexity index is 2640. The molecule has 2 aromatic heterocycles. The van der Waals surface area contributed by atoms with Crippen LogP contribution >= 0.6 is 11.6 Å². The van der Waals surface area contributed by atoms with E-state index in [1.165, 1.54) is 5.56 Å². The van der Waals surface area contributed by atoms with Gasteiger partial charge in [-0.2, -0.15) is 5.26 Å². The molecule has 4 aromatic carbocycles. The van der Waals surface area contributed by atoms with Crippen LogP contribution < -0.4 is 9.64 Å². The zero-order valence-electron chi connectivity index (χ0n) is 33.5. The van der Waals surface area contributed by atoms with Gasteiger partial charge in [0.25, 0.3) is 11.8 Å². The normalized spacial score (nSPS) is 16.5. The van der Waals surface area contributed by atoms with Crippen molar-refractivity contribution in [1.29, 1.82) is 5.26 Å². The number of hydrogen-bond acceptors (Lipinski definition) is 6. The van der Waals surface area contributed by atoms with Crippen LogP contribution in [0.2, 0.25) is 5.02 Å². The third-order valence-corrected chi connectivity index (χ3v) is 12.5. The Kier molecular flexibility index (Phi) is 10.4. The van der Waals surface area contributed by atoms with E-state index in [2.05, 4.69) is 29.2 Å². The van der Waals surface area contributed by atoms with Crippen LogP contribution in [0.1, 0.15) is 60.1 Å². The molecule has 0 N–H and O–H groups in total. The molecular weight excluding hydrogens is 760 g/mol. The summed E-state index contributed by atoms with van der Waals surface area (Å²) in [4.78, 5) is 36.3. The van der Waals surface area contributed by atoms with Crippen molar-refractivity contribution in [3.05, 3.63) is 159 Å². The second-order valence-electron chi connectivity index (χ2n) is 15.7. The molecular formula is C48H45ClN6O4. The maximum absolute atomic E-state index is 15.1. The molecule has 1 atom stereocenters. The van der Waals surface area contributed by atoms with Gasteiger partial charge in [-0.3, -0.25) is 19.4 Å². The fourth-order valence-corrected chi connectivity index (χ4v) is 9.03. The smallest absolute Gasteiger partial charge is 0.264 e. The fourth-order valence-electron chi connectivity index (χ4n) is 8.86. The molecule has 2 amide bonds. The molecule has 1 fully saturated rings. The van der Waals surface area contributed by atoms with E-state index in [0.29, 0.717) is 83.0 Å². The van der Waals surface area contributed by atoms with Gasteiger partial charge in [-0.15, -0.1) is 0 Å². The second kappa shape index (κ2) is 15.9. The van der Waals surface area contributed by atoms with Crippen LogP contribution in [-0.2, 0) is 44.8 Å². The van der Waals surface area contributed by atoms with Crippen LogP contribution in [-0.4, -0.2) is 69.6 Å². The van der Waals surface area contributed by atoms with Gasteiger partial charge in [0.05, 0.1) is 30.2 Å². The van der Waals surface area contributed by atoms with Crippen LogP contribution in [0.4, 0.5) is 11.4 Å². The standard InChI is InChI=1S/C48H45ClN6O4/c1-31-44(25-37(27-50)51(31)2)55-43-16-14-39(59-30-32-9-5-4-6-10-32)22-35(43)23-45-42(48(55)57)26-46(52(45)3)41-24-36(49)13-15-40(41)47(56)54-28-34-12-8-7-11-33(34)21-38(54)29-53-17-19-58-20-18-53/h4-16,22,24-26,38H,17-21,23,28-30H2,1-3H3. The van der Waals surface area contributed by atoms with E-state index in [-0.39, 0.29) is 17.9 Å². The summed E-state index contributed by atoms with van der Waals surface area (Å²) in [7, 11) is 3.78. The Labute approximate surface area is 349 Å². The van der Waals surface area contributed by atoms with Gasteiger partial charge >= 0.3 is 0 Å². The zero-order chi connectivity index (χ0) is 40.8. The van der Waals surface area contributed by atoms with Crippen molar-refractivity contribution in [1.82, 2.24) is 18.9 Å². The minimum absolute atomic E-state index is 0.0403. The highest BCUT2D eigenvalue weighted by atomic mass is 35.5. The number of aromatic nitrogens is 2. The number of fused-ring (bicyclic) bond motifs is 3. The van der Waals surface area contributed by atoms with Crippen LogP contribution in [0.25, 0.3) is 11.3 Å². The first kappa shape index (κ1) is 38.4. The summed E-state index contributed by atoms with van der Waals surface area (Å²) in [6, 6.07) is 35.5. The van der Waals surface area contributed by atoms with Crippen molar-refractivity contribution in [3.63, 3.8) is 0 Å². The number of anilines is 2. The predicted molar refractivity (Wildman–Crippen MR) is 228 cm³/mol. The molecule has 0 bridgehead atoms. The Morgan fingerprint density at radius 3 is 2.39 bits per heavy atom. The molecule has 0 saturated carbocycles. The molecule has 11 heteroatoms. The topological polar surface area (TPSA) is 96.0 Å². The molecule has 9 rings (SSSR count). The number of carbonyl (C=O) groups is 2. The van der Waals surface area contributed by atoms with E-state index >= 15 is 9.59 Å². The van der Waals surface area contributed by atoms with Gasteiger partial charge in [0.2, 0.25) is 0 Å². The molecule has 6 aromatic rings. The number of morpholine rings is 1. The lowest BCUT2D eigenvalue weighted by atomic mass is 9.92. The summed E-state index contributed by atoms with van der Waals surface area (Å²) in [5.41, 5.74) is 10.1. The summed E-state index contributed by atoms with van der Waals surface area (Å²) in [6.07, 6.45) is 1.17. The summed E-state index contributed by atoms with van der Waals surface area (Å²) in [6.45, 7) is 6.58. The Balaban J connectivity index is 1.13. The van der Waals surface area contributed by atoms with Gasteiger partial charge in [0, 0.05) is 86.0 Å². The van der Waals surface area contributed by atoms with Crippen molar-refractivity contribution >= 4 is 34.8 Å². The highest BCUT2D eigenvalue weighted by Gasteiger charge is 2.36. The number of benzene rings is 4. The van der Waals surface area contributed by atoms with Crippen molar-refractivity contribution in [2.24, 2.45) is 14.1 Å². The van der Waals surface area contributed by atoms with Crippen LogP contribution in [0, 0.1) is 18.3 Å². The quantitative estimate of drug-likeness (QED) is 0.154. The summed E-state index contributed by atoms with van der Waals surface area (Å²) in [5.74, 6) is 0.367. The lowest BCUT2D eigenvalue weighted by Gasteiger charge is -2.40. The minimum Gasteiger partial charge on any atom is -0.489 e. The average Bonchev–Trinajstić information content (AvgIpc) is 3.69. The predicted octanol–water partition coefficient (Wildman–Crippen LogP) is 8.23. The molecule has 59 heavy (non-hydrogen) atoms. The number of halogens is 1. The highest BCUT2D eigenvalue weighted by Crippen LogP contribution is 2.42. The van der Waals surface area contributed by atoms with Gasteiger partial charge in [0.15, 0.2) is 0 Å². The summed E-state index contributed by atoms with van der Waals surface area (Å²) < 4.78 is 15.8. The number of carbonyl (C=O) groups excluding carboxylic acids is 2. The maximum Gasteiger partial charge on any atom is 0.264 e. The number of hydrogen-bond donors (Lipinski definition) is 0. The van der Waals surface area contributed by atoms with Crippen molar-refractivity contribution in [3.8, 4) is 23.1 Å². The van der Waals surface area contributed by atoms with Gasteiger partial charge in [-0.1, -0.05) is 66.2 Å². The van der Waals surface area contributed by atoms with Gasteiger partial charge in [0.1, 0.15) is 24.1 Å². The molecule has 298 valence electrons. The molecule has 1 saturated heterocycles. The summed E-state index contributed by atoms with van der Waals surface area (Å²) in [5, 5.41) is 10.5. The number of nitrogens with zero attached hydrogens (tertiary/aromatic N) is 6. The molecule has 5 heterocycles. The molecule has 10 nitrogen and oxygen atoms in total. The minimum atomic E-state index is -0.232. The van der Waals surface area contributed by atoms with Crippen LogP contribution in [0.3, 0.4) is 0 Å². The monoisotopic (exact) mass is 804 g/mol. The molecule has 0 radical (unpaired) electrons. The molecule has 3 aliphatic rings. The van der Waals surface area contributed by atoms with E-state index in [1.54, 1.807) is 21.6 Å². The zero-order valence-corrected chi connectivity index (χ0v) is 34.2. The first-order valence-corrected chi connectivity index (χ1v) is 20.4. The Hall–Kier alpha value is -6.12. The SMILES string of the molecule is Cc1c(N2C(=O)c3cc(-c4cc(Cl)ccc4C(=O)N4Cc5ccccc5CC4CN4CCOCC4)n(C)c3Cc3cc(OCc4ccccc4)ccc32)cc(C#N)n1C. The van der Waals surface area contributed by atoms with Crippen molar-refractivity contribution < 1.29 is 19.1 Å². The van der Waals surface area contributed by atoms with E-state index in [9.17, 15) is 5.26 Å². The molecule has 0 aliphatic carbocycles. The number of amides is 2. The lowest BCUT2D eigenvalue weighted by Crippen LogP contribution is -2.52. The molecule has 1 unspecified atom stereocenters. The largest absolute Gasteiger partial charge is 0.489 e. The van der Waals surface area contributed by atoms with Crippen LogP contribution in [0.15, 0.2) is 103 Å². The highest BCUT2D eigenvalue weighted by molar-refractivity contribution is 6.31. The molecule has 3 aliphatic heterocycles. The van der Waals surface area contributed by atoms with Gasteiger partial charge < -0.3 is 23.5 Å². The number of nitriles is 1. The first-order valence-electron chi connectivity index (χ1n) is 20.1. The van der Waals surface area contributed by atoms with Crippen molar-refractivity contribution in [2.45, 2.75) is 39.0 Å². The van der Waals surface area contributed by atoms with Gasteiger partial charge in [-0.05, 0) is 84.1 Å². The van der Waals surface area contributed by atoms with Crippen LogP contribution in [0.5, 0.6) is 5.75 Å².